The van der Waals surface area contributed by atoms with Gasteiger partial charge in [0.15, 0.2) is 0 Å². The molecular weight excluding hydrogens is 296 g/mol. The number of pyridine rings is 1. The van der Waals surface area contributed by atoms with E-state index in [0.29, 0.717) is 0 Å². The van der Waals surface area contributed by atoms with Gasteiger partial charge in [0.1, 0.15) is 5.82 Å². The van der Waals surface area contributed by atoms with Crippen molar-refractivity contribution in [2.24, 2.45) is 5.10 Å². The summed E-state index contributed by atoms with van der Waals surface area (Å²) in [7, 11) is 0. The number of nitrogens with zero attached hydrogens (tertiary/aromatic N) is 3. The largest absolute Gasteiger partial charge is 0.318 e. The minimum Gasteiger partial charge on any atom is -0.318 e. The molecular formula is C20H22N4. The highest BCUT2D eigenvalue weighted by Gasteiger charge is 2.10. The average molecular weight is 318 g/mol. The maximum atomic E-state index is 4.30. The Morgan fingerprint density at radius 3 is 2.54 bits per heavy atom. The predicted molar refractivity (Wildman–Crippen MR) is 100 cm³/mol. The molecule has 0 unspecified atom stereocenters. The van der Waals surface area contributed by atoms with Crippen molar-refractivity contribution in [3.63, 3.8) is 0 Å². The van der Waals surface area contributed by atoms with Crippen molar-refractivity contribution in [3.8, 4) is 5.69 Å². The molecule has 0 aliphatic carbocycles. The van der Waals surface area contributed by atoms with Crippen molar-refractivity contribution >= 4 is 12.0 Å². The van der Waals surface area contributed by atoms with Gasteiger partial charge in [0.2, 0.25) is 0 Å². The molecule has 2 aromatic heterocycles. The zero-order valence-electron chi connectivity index (χ0n) is 14.5. The van der Waals surface area contributed by atoms with E-state index in [4.69, 9.17) is 0 Å². The summed E-state index contributed by atoms with van der Waals surface area (Å²) >= 11 is 0. The molecule has 0 saturated heterocycles. The molecule has 24 heavy (non-hydrogen) atoms. The Bertz CT molecular complexity index is 876. The van der Waals surface area contributed by atoms with Crippen LogP contribution in [0.3, 0.4) is 0 Å². The molecule has 1 aromatic carbocycles. The highest BCUT2D eigenvalue weighted by molar-refractivity contribution is 5.82. The molecule has 0 radical (unpaired) electrons. The van der Waals surface area contributed by atoms with Crippen LogP contribution in [0, 0.1) is 27.7 Å². The molecule has 0 aliphatic heterocycles. The van der Waals surface area contributed by atoms with Crippen molar-refractivity contribution in [2.75, 3.05) is 5.43 Å². The lowest BCUT2D eigenvalue weighted by Gasteiger charge is -2.11. The maximum Gasteiger partial charge on any atom is 0.146 e. The van der Waals surface area contributed by atoms with Crippen molar-refractivity contribution in [3.05, 3.63) is 76.7 Å². The lowest BCUT2D eigenvalue weighted by atomic mass is 10.1. The van der Waals surface area contributed by atoms with Gasteiger partial charge >= 0.3 is 0 Å². The fourth-order valence-electron chi connectivity index (χ4n) is 2.78. The van der Waals surface area contributed by atoms with Crippen molar-refractivity contribution < 1.29 is 0 Å². The first-order chi connectivity index (χ1) is 11.6. The van der Waals surface area contributed by atoms with Crippen LogP contribution >= 0.6 is 0 Å². The van der Waals surface area contributed by atoms with Crippen molar-refractivity contribution in [1.29, 1.82) is 0 Å². The van der Waals surface area contributed by atoms with Crippen LogP contribution in [0.5, 0.6) is 0 Å². The molecule has 0 amide bonds. The molecule has 0 atom stereocenters. The Kier molecular flexibility index (Phi) is 4.47. The maximum absolute atomic E-state index is 4.30. The number of anilines is 1. The summed E-state index contributed by atoms with van der Waals surface area (Å²) < 4.78 is 2.26. The first-order valence-electron chi connectivity index (χ1n) is 8.03. The van der Waals surface area contributed by atoms with Gasteiger partial charge in [-0.3, -0.25) is 5.43 Å². The number of benzene rings is 1. The Morgan fingerprint density at radius 2 is 1.83 bits per heavy atom. The highest BCUT2D eigenvalue weighted by Crippen LogP contribution is 2.21. The van der Waals surface area contributed by atoms with Crippen molar-refractivity contribution in [1.82, 2.24) is 9.55 Å². The fraction of sp³-hybridized carbons (Fsp3) is 0.200. The van der Waals surface area contributed by atoms with Gasteiger partial charge in [0, 0.05) is 28.8 Å². The van der Waals surface area contributed by atoms with Crippen LogP contribution in [-0.2, 0) is 0 Å². The van der Waals surface area contributed by atoms with Crippen molar-refractivity contribution in [2.45, 2.75) is 27.7 Å². The molecule has 3 rings (SSSR count). The molecule has 4 nitrogen and oxygen atoms in total. The third-order valence-corrected chi connectivity index (χ3v) is 4.27. The van der Waals surface area contributed by atoms with Crippen LogP contribution in [0.15, 0.2) is 53.8 Å². The fourth-order valence-corrected chi connectivity index (χ4v) is 2.78. The van der Waals surface area contributed by atoms with Gasteiger partial charge in [-0.1, -0.05) is 12.1 Å². The summed E-state index contributed by atoms with van der Waals surface area (Å²) in [6.45, 7) is 8.51. The van der Waals surface area contributed by atoms with Crippen LogP contribution in [0.1, 0.15) is 28.1 Å². The monoisotopic (exact) mass is 318 g/mol. The van der Waals surface area contributed by atoms with E-state index in [9.17, 15) is 0 Å². The number of rotatable bonds is 4. The Labute approximate surface area is 142 Å². The second-order valence-electron chi connectivity index (χ2n) is 6.02. The Balaban J connectivity index is 1.87. The zero-order chi connectivity index (χ0) is 17.1. The number of aryl methyl sites for hydroxylation is 3. The summed E-state index contributed by atoms with van der Waals surface area (Å²) in [6.07, 6.45) is 3.58. The minimum atomic E-state index is 0.733. The number of nitrogens with one attached hydrogen (secondary N) is 1. The number of hydrogen-bond acceptors (Lipinski definition) is 3. The van der Waals surface area contributed by atoms with E-state index < -0.39 is 0 Å². The topological polar surface area (TPSA) is 42.2 Å². The summed E-state index contributed by atoms with van der Waals surface area (Å²) in [5.41, 5.74) is 10.2. The van der Waals surface area contributed by atoms with Gasteiger partial charge in [-0.05, 0) is 69.2 Å². The summed E-state index contributed by atoms with van der Waals surface area (Å²) in [5.74, 6) is 0.733. The second kappa shape index (κ2) is 6.71. The molecule has 0 spiro atoms. The van der Waals surface area contributed by atoms with Crippen LogP contribution in [0.25, 0.3) is 5.69 Å². The van der Waals surface area contributed by atoms with Gasteiger partial charge < -0.3 is 4.57 Å². The summed E-state index contributed by atoms with van der Waals surface area (Å²) in [4.78, 5) is 4.19. The van der Waals surface area contributed by atoms with E-state index in [1.807, 2.05) is 24.4 Å². The predicted octanol–water partition coefficient (Wildman–Crippen LogP) is 4.55. The van der Waals surface area contributed by atoms with E-state index in [0.717, 1.165) is 11.4 Å². The zero-order valence-corrected chi connectivity index (χ0v) is 14.5. The van der Waals surface area contributed by atoms with Crippen LogP contribution in [0.4, 0.5) is 5.82 Å². The van der Waals surface area contributed by atoms with Gasteiger partial charge in [0.25, 0.3) is 0 Å². The van der Waals surface area contributed by atoms with Gasteiger partial charge in [-0.2, -0.15) is 5.10 Å². The van der Waals surface area contributed by atoms with Gasteiger partial charge in [-0.25, -0.2) is 4.98 Å². The molecule has 1 N–H and O–H groups in total. The Hall–Kier alpha value is -2.88. The first-order valence-corrected chi connectivity index (χ1v) is 8.03. The molecule has 0 bridgehead atoms. The minimum absolute atomic E-state index is 0.733. The lowest BCUT2D eigenvalue weighted by molar-refractivity contribution is 0.961. The quantitative estimate of drug-likeness (QED) is 0.566. The molecule has 0 fully saturated rings. The standard InChI is InChI=1S/C20H22N4/c1-14-8-9-19(11-15(14)2)24-16(3)12-18(17(24)4)13-22-23-20-7-5-6-10-21-20/h5-13H,1-4H3,(H,21,23)/b22-13+. The third kappa shape index (κ3) is 3.23. The number of hydrazone groups is 1. The molecule has 4 heteroatoms. The van der Waals surface area contributed by atoms with Crippen LogP contribution in [0.2, 0.25) is 0 Å². The smallest absolute Gasteiger partial charge is 0.146 e. The van der Waals surface area contributed by atoms with Gasteiger partial charge in [-0.15, -0.1) is 0 Å². The van der Waals surface area contributed by atoms with E-state index in [2.05, 4.69) is 72.0 Å². The van der Waals surface area contributed by atoms with Crippen LogP contribution < -0.4 is 5.43 Å². The highest BCUT2D eigenvalue weighted by atomic mass is 15.3. The van der Waals surface area contributed by atoms with Gasteiger partial charge in [0.05, 0.1) is 6.21 Å². The van der Waals surface area contributed by atoms with E-state index in [1.165, 1.54) is 28.2 Å². The molecule has 0 aliphatic rings. The number of aromatic nitrogens is 2. The SMILES string of the molecule is Cc1ccc(-n2c(C)cc(/C=N/Nc3ccccn3)c2C)cc1C. The lowest BCUT2D eigenvalue weighted by Crippen LogP contribution is -2.01. The average Bonchev–Trinajstić information content (AvgIpc) is 2.85. The van der Waals surface area contributed by atoms with E-state index in [1.54, 1.807) is 6.20 Å². The molecule has 0 saturated carbocycles. The summed E-state index contributed by atoms with van der Waals surface area (Å²) in [6, 6.07) is 14.4. The molecule has 3 aromatic rings. The second-order valence-corrected chi connectivity index (χ2v) is 6.02. The van der Waals surface area contributed by atoms with E-state index >= 15 is 0 Å². The molecule has 2 heterocycles. The van der Waals surface area contributed by atoms with E-state index in [-0.39, 0.29) is 0 Å². The normalized spacial score (nSPS) is 11.2. The third-order valence-electron chi connectivity index (χ3n) is 4.27. The molecule has 122 valence electrons. The number of hydrogen-bond donors (Lipinski definition) is 1. The van der Waals surface area contributed by atoms with Crippen LogP contribution in [-0.4, -0.2) is 15.8 Å². The summed E-state index contributed by atoms with van der Waals surface area (Å²) in [5, 5.41) is 4.30. The first kappa shape index (κ1) is 16.0. The Morgan fingerprint density at radius 1 is 1.00 bits per heavy atom.